The first kappa shape index (κ1) is 28.1. The number of fused-ring (bicyclic) bond motifs is 1. The largest absolute Gasteiger partial charge is 0.478 e. The van der Waals surface area contributed by atoms with Gasteiger partial charge < -0.3 is 19.0 Å². The van der Waals surface area contributed by atoms with E-state index in [4.69, 9.17) is 20.0 Å². The number of aromatic carboxylic acids is 1. The summed E-state index contributed by atoms with van der Waals surface area (Å²) in [6.45, 7) is 2.89. The summed E-state index contributed by atoms with van der Waals surface area (Å²) >= 11 is 0. The summed E-state index contributed by atoms with van der Waals surface area (Å²) in [7, 11) is 1.94. The molecular weight excluding hydrogens is 549 g/mol. The number of hydrogen-bond donors (Lipinski definition) is 1. The van der Waals surface area contributed by atoms with Crippen molar-refractivity contribution in [1.29, 1.82) is 5.26 Å². The van der Waals surface area contributed by atoms with Crippen LogP contribution in [0, 0.1) is 17.1 Å². The molecule has 2 aromatic carbocycles. The summed E-state index contributed by atoms with van der Waals surface area (Å²) in [5.74, 6) is 0.133. The first-order chi connectivity index (χ1) is 20.9. The highest BCUT2D eigenvalue weighted by Crippen LogP contribution is 2.29. The van der Waals surface area contributed by atoms with Crippen LogP contribution in [0.2, 0.25) is 0 Å². The Morgan fingerprint density at radius 1 is 1.12 bits per heavy atom. The highest BCUT2D eigenvalue weighted by Gasteiger charge is 2.24. The van der Waals surface area contributed by atoms with Crippen molar-refractivity contribution in [2.24, 2.45) is 7.05 Å². The summed E-state index contributed by atoms with van der Waals surface area (Å²) in [5.41, 5.74) is 4.36. The molecule has 1 aliphatic rings. The molecule has 218 valence electrons. The molecule has 11 heteroatoms. The maximum absolute atomic E-state index is 14.3. The number of piperidine rings is 1. The zero-order valence-corrected chi connectivity index (χ0v) is 23.7. The Kier molecular flexibility index (Phi) is 7.85. The van der Waals surface area contributed by atoms with Gasteiger partial charge in [0.2, 0.25) is 5.88 Å². The summed E-state index contributed by atoms with van der Waals surface area (Å²) in [6, 6.07) is 17.0. The lowest BCUT2D eigenvalue weighted by Gasteiger charge is -2.31. The molecule has 10 nitrogen and oxygen atoms in total. The van der Waals surface area contributed by atoms with Gasteiger partial charge in [0, 0.05) is 36.5 Å². The predicted octanol–water partition coefficient (Wildman–Crippen LogP) is 4.88. The topological polar surface area (TPSA) is 122 Å². The summed E-state index contributed by atoms with van der Waals surface area (Å²) in [4.78, 5) is 27.9. The Hall–Kier alpha value is -5.08. The van der Waals surface area contributed by atoms with Crippen molar-refractivity contribution < 1.29 is 19.0 Å². The van der Waals surface area contributed by atoms with Gasteiger partial charge in [0.15, 0.2) is 0 Å². The second-order valence-electron chi connectivity index (χ2n) is 10.8. The van der Waals surface area contributed by atoms with Crippen LogP contribution in [0.5, 0.6) is 5.88 Å². The van der Waals surface area contributed by atoms with Crippen LogP contribution in [0.1, 0.15) is 57.5 Å². The van der Waals surface area contributed by atoms with Crippen LogP contribution in [-0.4, -0.2) is 53.2 Å². The standard InChI is InChI=1S/C32H30FN7O3/c1-38-20-35-16-25(38)17-40-29-14-23(32(41)42)7-8-28(29)36-30(40)18-39-11-9-22(10-12-39)27-3-2-4-31(37-27)43-19-24-6-5-21(15-34)13-26(24)33/h2-8,13-14,16,20,22H,9-12,17-19H2,1H3,(H,41,42). The van der Waals surface area contributed by atoms with Gasteiger partial charge in [-0.15, -0.1) is 0 Å². The number of nitriles is 1. The van der Waals surface area contributed by atoms with E-state index in [-0.39, 0.29) is 23.7 Å². The highest BCUT2D eigenvalue weighted by atomic mass is 19.1. The number of carboxylic acids is 1. The van der Waals surface area contributed by atoms with Crippen molar-refractivity contribution in [3.8, 4) is 11.9 Å². The number of ether oxygens (including phenoxy) is 1. The minimum atomic E-state index is -0.969. The number of pyridine rings is 1. The molecular formula is C32H30FN7O3. The molecule has 1 aliphatic heterocycles. The Morgan fingerprint density at radius 2 is 1.95 bits per heavy atom. The third-order valence-electron chi connectivity index (χ3n) is 7.98. The van der Waals surface area contributed by atoms with Gasteiger partial charge in [0.25, 0.3) is 0 Å². The number of carboxylic acid groups (broad SMARTS) is 1. The van der Waals surface area contributed by atoms with Gasteiger partial charge in [-0.1, -0.05) is 12.1 Å². The normalized spacial score (nSPS) is 14.2. The second kappa shape index (κ2) is 12.0. The Labute approximate surface area is 247 Å². The first-order valence-electron chi connectivity index (χ1n) is 14.1. The molecule has 0 aliphatic carbocycles. The molecule has 0 amide bonds. The predicted molar refractivity (Wildman–Crippen MR) is 156 cm³/mol. The van der Waals surface area contributed by atoms with Crippen LogP contribution in [0.25, 0.3) is 11.0 Å². The molecule has 3 aromatic heterocycles. The van der Waals surface area contributed by atoms with E-state index in [2.05, 4.69) is 14.5 Å². The van der Waals surface area contributed by atoms with Crippen molar-refractivity contribution in [3.63, 3.8) is 0 Å². The van der Waals surface area contributed by atoms with E-state index in [1.807, 2.05) is 36.0 Å². The van der Waals surface area contributed by atoms with Crippen LogP contribution < -0.4 is 4.74 Å². The van der Waals surface area contributed by atoms with E-state index >= 15 is 0 Å². The van der Waals surface area contributed by atoms with Crippen molar-refractivity contribution >= 4 is 17.0 Å². The number of aromatic nitrogens is 5. The van der Waals surface area contributed by atoms with Crippen LogP contribution in [-0.2, 0) is 26.7 Å². The molecule has 5 aromatic rings. The maximum atomic E-state index is 14.3. The average Bonchev–Trinajstić information content (AvgIpc) is 3.58. The fraction of sp³-hybridized carbons (Fsp3) is 0.281. The summed E-state index contributed by atoms with van der Waals surface area (Å²) in [6.07, 6.45) is 5.38. The van der Waals surface area contributed by atoms with Crippen LogP contribution >= 0.6 is 0 Å². The van der Waals surface area contributed by atoms with Crippen molar-refractivity contribution in [1.82, 2.24) is 29.0 Å². The number of imidazole rings is 2. The van der Waals surface area contributed by atoms with E-state index in [0.29, 0.717) is 24.5 Å². The number of likely N-dealkylation sites (tertiary alicyclic amines) is 1. The fourth-order valence-corrected chi connectivity index (χ4v) is 5.51. The van der Waals surface area contributed by atoms with E-state index in [0.717, 1.165) is 54.2 Å². The van der Waals surface area contributed by atoms with Crippen molar-refractivity contribution in [2.45, 2.75) is 38.5 Å². The molecule has 0 atom stereocenters. The molecule has 1 saturated heterocycles. The lowest BCUT2D eigenvalue weighted by molar-refractivity contribution is 0.0697. The Balaban J connectivity index is 1.13. The third kappa shape index (κ3) is 6.10. The van der Waals surface area contributed by atoms with Crippen molar-refractivity contribution in [2.75, 3.05) is 13.1 Å². The van der Waals surface area contributed by atoms with Gasteiger partial charge in [-0.25, -0.2) is 24.1 Å². The number of benzene rings is 2. The van der Waals surface area contributed by atoms with E-state index in [1.54, 1.807) is 42.7 Å². The third-order valence-corrected chi connectivity index (χ3v) is 7.98. The molecule has 1 fully saturated rings. The van der Waals surface area contributed by atoms with Crippen LogP contribution in [0.4, 0.5) is 4.39 Å². The summed E-state index contributed by atoms with van der Waals surface area (Å²) in [5, 5.41) is 18.5. The molecule has 0 saturated carbocycles. The number of halogens is 1. The van der Waals surface area contributed by atoms with Gasteiger partial charge in [-0.05, 0) is 62.3 Å². The Bertz CT molecular complexity index is 1830. The molecule has 4 heterocycles. The van der Waals surface area contributed by atoms with Crippen LogP contribution in [0.3, 0.4) is 0 Å². The number of hydrogen-bond acceptors (Lipinski definition) is 7. The molecule has 0 unspecified atom stereocenters. The smallest absolute Gasteiger partial charge is 0.335 e. The number of rotatable bonds is 9. The zero-order valence-electron chi connectivity index (χ0n) is 23.7. The first-order valence-corrected chi connectivity index (χ1v) is 14.1. The highest BCUT2D eigenvalue weighted by molar-refractivity contribution is 5.92. The number of nitrogens with zero attached hydrogens (tertiary/aromatic N) is 7. The fourth-order valence-electron chi connectivity index (χ4n) is 5.51. The zero-order chi connectivity index (χ0) is 29.9. The molecule has 0 radical (unpaired) electrons. The molecule has 1 N–H and O–H groups in total. The van der Waals surface area contributed by atoms with E-state index < -0.39 is 11.8 Å². The molecule has 43 heavy (non-hydrogen) atoms. The monoisotopic (exact) mass is 579 g/mol. The molecule has 0 bridgehead atoms. The van der Waals surface area contributed by atoms with Crippen molar-refractivity contribution in [3.05, 3.63) is 107 Å². The summed E-state index contributed by atoms with van der Waals surface area (Å²) < 4.78 is 24.1. The van der Waals surface area contributed by atoms with E-state index in [9.17, 15) is 14.3 Å². The number of carbonyl (C=O) groups is 1. The van der Waals surface area contributed by atoms with Gasteiger partial charge in [0.05, 0.1) is 53.3 Å². The van der Waals surface area contributed by atoms with E-state index in [1.165, 1.54) is 6.07 Å². The van der Waals surface area contributed by atoms with Crippen LogP contribution in [0.15, 0.2) is 67.1 Å². The lowest BCUT2D eigenvalue weighted by atomic mass is 9.93. The van der Waals surface area contributed by atoms with Gasteiger partial charge in [-0.3, -0.25) is 4.90 Å². The SMILES string of the molecule is Cn1cncc1Cn1c(CN2CCC(c3cccc(OCc4ccc(C#N)cc4F)n3)CC2)nc2ccc(C(=O)O)cc21. The van der Waals surface area contributed by atoms with Gasteiger partial charge >= 0.3 is 5.97 Å². The second-order valence-corrected chi connectivity index (χ2v) is 10.8. The molecule has 6 rings (SSSR count). The lowest BCUT2D eigenvalue weighted by Crippen LogP contribution is -2.33. The molecule has 0 spiro atoms. The number of aryl methyl sites for hydroxylation is 1. The van der Waals surface area contributed by atoms with Gasteiger partial charge in [0.1, 0.15) is 18.2 Å². The average molecular weight is 580 g/mol. The minimum Gasteiger partial charge on any atom is -0.478 e. The van der Waals surface area contributed by atoms with Gasteiger partial charge in [-0.2, -0.15) is 5.26 Å². The maximum Gasteiger partial charge on any atom is 0.335 e. The quantitative estimate of drug-likeness (QED) is 0.262. The Morgan fingerprint density at radius 3 is 2.67 bits per heavy atom. The minimum absolute atomic E-state index is 0.0280.